The molecule has 0 aromatic heterocycles. The lowest BCUT2D eigenvalue weighted by atomic mass is 9.71. The van der Waals surface area contributed by atoms with Gasteiger partial charge in [-0.1, -0.05) is 24.3 Å². The lowest BCUT2D eigenvalue weighted by Crippen LogP contribution is -2.36. The second-order valence-corrected chi connectivity index (χ2v) is 8.37. The van der Waals surface area contributed by atoms with Gasteiger partial charge in [-0.25, -0.2) is 4.79 Å². The van der Waals surface area contributed by atoms with Crippen molar-refractivity contribution in [1.29, 1.82) is 0 Å². The zero-order valence-corrected chi connectivity index (χ0v) is 20.1. The molecule has 34 heavy (non-hydrogen) atoms. The minimum absolute atomic E-state index is 0.0154. The Morgan fingerprint density at radius 3 is 2.29 bits per heavy atom. The number of carbonyl (C=O) groups excluding carboxylic acids is 2. The third kappa shape index (κ3) is 4.02. The van der Waals surface area contributed by atoms with Gasteiger partial charge < -0.3 is 24.3 Å². The van der Waals surface area contributed by atoms with Gasteiger partial charge in [0.15, 0.2) is 17.3 Å². The van der Waals surface area contributed by atoms with Crippen molar-refractivity contribution in [2.24, 2.45) is 0 Å². The maximum Gasteiger partial charge on any atom is 0.336 e. The van der Waals surface area contributed by atoms with Crippen molar-refractivity contribution in [2.45, 2.75) is 31.6 Å². The number of esters is 1. The molecule has 0 fully saturated rings. The molecular weight excluding hydrogens is 434 g/mol. The maximum atomic E-state index is 13.7. The highest BCUT2D eigenvalue weighted by Crippen LogP contribution is 2.47. The number of benzene rings is 2. The van der Waals surface area contributed by atoms with Crippen molar-refractivity contribution in [3.63, 3.8) is 0 Å². The maximum absolute atomic E-state index is 13.7. The second kappa shape index (κ2) is 9.63. The number of hydrogen-bond acceptors (Lipinski definition) is 7. The first kappa shape index (κ1) is 23.4. The molecule has 1 aliphatic carbocycles. The lowest BCUT2D eigenvalue weighted by molar-refractivity contribution is -0.136. The highest BCUT2D eigenvalue weighted by molar-refractivity contribution is 6.04. The van der Waals surface area contributed by atoms with E-state index >= 15 is 0 Å². The number of rotatable bonds is 6. The molecule has 0 spiro atoms. The van der Waals surface area contributed by atoms with E-state index in [1.165, 1.54) is 7.11 Å². The molecule has 0 bridgehead atoms. The van der Waals surface area contributed by atoms with E-state index in [0.717, 1.165) is 22.6 Å². The molecule has 0 amide bonds. The van der Waals surface area contributed by atoms with Crippen LogP contribution in [0.5, 0.6) is 17.2 Å². The van der Waals surface area contributed by atoms with Gasteiger partial charge in [-0.2, -0.15) is 0 Å². The number of carbonyl (C=O) groups is 2. The van der Waals surface area contributed by atoms with E-state index in [4.69, 9.17) is 18.9 Å². The number of hydrogen-bond donors (Lipinski definition) is 1. The molecule has 2 atom stereocenters. The fraction of sp³-hybridized carbons (Fsp3) is 0.333. The molecule has 1 aliphatic heterocycles. The van der Waals surface area contributed by atoms with Crippen molar-refractivity contribution in [1.82, 2.24) is 5.32 Å². The topological polar surface area (TPSA) is 83.1 Å². The molecule has 1 heterocycles. The highest BCUT2D eigenvalue weighted by Gasteiger charge is 2.42. The minimum Gasteiger partial charge on any atom is -0.496 e. The van der Waals surface area contributed by atoms with E-state index in [1.807, 2.05) is 43.3 Å². The van der Waals surface area contributed by atoms with Crippen LogP contribution >= 0.6 is 0 Å². The Balaban J connectivity index is 1.84. The molecule has 178 valence electrons. The summed E-state index contributed by atoms with van der Waals surface area (Å²) in [6.07, 6.45) is 0.940. The predicted octanol–water partition coefficient (Wildman–Crippen LogP) is 4.25. The second-order valence-electron chi connectivity index (χ2n) is 8.37. The average Bonchev–Trinajstić information content (AvgIpc) is 2.86. The molecule has 0 saturated carbocycles. The molecule has 0 saturated heterocycles. The Morgan fingerprint density at radius 1 is 0.912 bits per heavy atom. The summed E-state index contributed by atoms with van der Waals surface area (Å²) in [7, 11) is 6.10. The standard InChI is InChI=1S/C27H29NO6/c1-15-24(27(30)34-5)25(16-10-11-22(32-3)23(14-16)33-4)26-19(28-15)12-17(13-20(26)29)18-8-6-7-9-21(18)31-2/h6-11,14,17,25,28H,12-13H2,1-5H3. The molecule has 7 nitrogen and oxygen atoms in total. The Bertz CT molecular complexity index is 1200. The average molecular weight is 464 g/mol. The van der Waals surface area contributed by atoms with E-state index in [-0.39, 0.29) is 11.7 Å². The van der Waals surface area contributed by atoms with Crippen LogP contribution in [0.3, 0.4) is 0 Å². The molecule has 2 unspecified atom stereocenters. The first-order valence-corrected chi connectivity index (χ1v) is 11.1. The Labute approximate surface area is 199 Å². The van der Waals surface area contributed by atoms with Gasteiger partial charge in [0, 0.05) is 35.2 Å². The fourth-order valence-corrected chi connectivity index (χ4v) is 5.01. The Kier molecular flexibility index (Phi) is 6.63. The first-order valence-electron chi connectivity index (χ1n) is 11.1. The third-order valence-corrected chi connectivity index (χ3v) is 6.55. The van der Waals surface area contributed by atoms with Crippen molar-refractivity contribution in [3.8, 4) is 17.2 Å². The van der Waals surface area contributed by atoms with Crippen LogP contribution in [0.15, 0.2) is 65.0 Å². The summed E-state index contributed by atoms with van der Waals surface area (Å²) in [5.41, 5.74) is 4.24. The van der Waals surface area contributed by atoms with Gasteiger partial charge in [-0.15, -0.1) is 0 Å². The summed E-state index contributed by atoms with van der Waals surface area (Å²) in [4.78, 5) is 26.5. The lowest BCUT2D eigenvalue weighted by Gasteiger charge is -2.37. The van der Waals surface area contributed by atoms with E-state index < -0.39 is 11.9 Å². The zero-order valence-electron chi connectivity index (χ0n) is 20.1. The van der Waals surface area contributed by atoms with Crippen LogP contribution in [-0.4, -0.2) is 40.2 Å². The van der Waals surface area contributed by atoms with E-state index in [0.29, 0.717) is 41.2 Å². The van der Waals surface area contributed by atoms with Gasteiger partial charge in [0.1, 0.15) is 5.75 Å². The van der Waals surface area contributed by atoms with Crippen LogP contribution in [0.2, 0.25) is 0 Å². The molecule has 0 radical (unpaired) electrons. The van der Waals surface area contributed by atoms with Crippen molar-refractivity contribution >= 4 is 11.8 Å². The number of allylic oxidation sites excluding steroid dienone is 3. The largest absolute Gasteiger partial charge is 0.496 e. The summed E-state index contributed by atoms with van der Waals surface area (Å²) in [6.45, 7) is 1.83. The summed E-state index contributed by atoms with van der Waals surface area (Å²) < 4.78 is 21.5. The van der Waals surface area contributed by atoms with Crippen LogP contribution in [0.1, 0.15) is 42.7 Å². The normalized spacial score (nSPS) is 19.9. The van der Waals surface area contributed by atoms with Gasteiger partial charge in [-0.3, -0.25) is 4.79 Å². The molecule has 2 aromatic carbocycles. The summed E-state index contributed by atoms with van der Waals surface area (Å²) in [5, 5.41) is 3.34. The summed E-state index contributed by atoms with van der Waals surface area (Å²) in [6, 6.07) is 13.2. The van der Waals surface area contributed by atoms with Gasteiger partial charge in [0.25, 0.3) is 0 Å². The van der Waals surface area contributed by atoms with Gasteiger partial charge in [-0.05, 0) is 42.7 Å². The van der Waals surface area contributed by atoms with Crippen LogP contribution in [0.4, 0.5) is 0 Å². The van der Waals surface area contributed by atoms with Gasteiger partial charge in [0.05, 0.1) is 34.0 Å². The Morgan fingerprint density at radius 2 is 1.62 bits per heavy atom. The van der Waals surface area contributed by atoms with Crippen LogP contribution in [0.25, 0.3) is 0 Å². The molecule has 7 heteroatoms. The van der Waals surface area contributed by atoms with Gasteiger partial charge >= 0.3 is 5.97 Å². The number of Topliss-reactive ketones (excluding diaryl/α,β-unsaturated/α-hetero) is 1. The van der Waals surface area contributed by atoms with E-state index in [2.05, 4.69) is 5.32 Å². The number of methoxy groups -OCH3 is 4. The van der Waals surface area contributed by atoms with Crippen LogP contribution in [-0.2, 0) is 14.3 Å². The predicted molar refractivity (Wildman–Crippen MR) is 127 cm³/mol. The smallest absolute Gasteiger partial charge is 0.336 e. The number of ether oxygens (including phenoxy) is 4. The number of para-hydroxylation sites is 1. The van der Waals surface area contributed by atoms with E-state index in [9.17, 15) is 9.59 Å². The SMILES string of the molecule is COC(=O)C1=C(C)NC2=C(C(=O)CC(c3ccccc3OC)C2)C1c1ccc(OC)c(OC)c1. The van der Waals surface area contributed by atoms with Crippen molar-refractivity contribution < 1.29 is 28.5 Å². The number of nitrogens with one attached hydrogen (secondary N) is 1. The van der Waals surface area contributed by atoms with E-state index in [1.54, 1.807) is 27.4 Å². The fourth-order valence-electron chi connectivity index (χ4n) is 5.01. The molecular formula is C27H29NO6. The van der Waals surface area contributed by atoms with Crippen molar-refractivity contribution in [3.05, 3.63) is 76.1 Å². The van der Waals surface area contributed by atoms with Crippen molar-refractivity contribution in [2.75, 3.05) is 28.4 Å². The summed E-state index contributed by atoms with van der Waals surface area (Å²) >= 11 is 0. The van der Waals surface area contributed by atoms with Crippen LogP contribution in [0, 0.1) is 0 Å². The molecule has 1 N–H and O–H groups in total. The molecule has 4 rings (SSSR count). The third-order valence-electron chi connectivity index (χ3n) is 6.55. The number of dihydropyridines is 1. The quantitative estimate of drug-likeness (QED) is 0.642. The highest BCUT2D eigenvalue weighted by atomic mass is 16.5. The number of ketones is 1. The van der Waals surface area contributed by atoms with Crippen LogP contribution < -0.4 is 19.5 Å². The Hall–Kier alpha value is -3.74. The van der Waals surface area contributed by atoms with Gasteiger partial charge in [0.2, 0.25) is 0 Å². The first-order chi connectivity index (χ1) is 16.4. The minimum atomic E-state index is -0.574. The zero-order chi connectivity index (χ0) is 24.4. The molecule has 2 aliphatic rings. The molecule has 2 aromatic rings. The summed E-state index contributed by atoms with van der Waals surface area (Å²) in [5.74, 6) is 0.759. The monoisotopic (exact) mass is 463 g/mol.